The number of rotatable bonds is 2. The molecule has 0 aliphatic carbocycles. The van der Waals surface area contributed by atoms with Gasteiger partial charge in [0.05, 0.1) is 35.9 Å². The normalized spacial score (nSPS) is 18.7. The van der Waals surface area contributed by atoms with Crippen molar-refractivity contribution in [3.8, 4) is 0 Å². The average molecular weight is 290 g/mol. The number of primary amides is 1. The van der Waals surface area contributed by atoms with E-state index in [0.29, 0.717) is 11.0 Å². The number of nitrogens with two attached hydrogens (primary N) is 1. The molecule has 6 heteroatoms. The van der Waals surface area contributed by atoms with Crippen LogP contribution in [0.15, 0.2) is 24.5 Å². The van der Waals surface area contributed by atoms with Crippen LogP contribution in [0, 0.1) is 5.41 Å². The molecule has 2 aliphatic rings. The van der Waals surface area contributed by atoms with E-state index in [0.717, 1.165) is 37.5 Å². The Hall–Kier alpha value is -2.08. The molecule has 114 valence electrons. The topological polar surface area (TPSA) is 72.9 Å². The fraction of sp³-hybridized carbons (Fsp3) is 0.467. The summed E-state index contributed by atoms with van der Waals surface area (Å²) in [7, 11) is 0. The Bertz CT molecular complexity index is 673. The number of carbonyl (C=O) groups excluding carboxylic acids is 1. The lowest BCUT2D eigenvalue weighted by atomic mass is 9.78. The highest BCUT2D eigenvalue weighted by Crippen LogP contribution is 2.40. The number of hydrogen-bond donors (Lipinski definition) is 1. The smallest absolute Gasteiger partial charge is 0.252 e. The van der Waals surface area contributed by atoms with Gasteiger partial charge in [-0.1, -0.05) is 13.8 Å². The first-order valence-electron chi connectivity index (χ1n) is 7.27. The fourth-order valence-electron chi connectivity index (χ4n) is 2.88. The molecule has 0 saturated carbocycles. The molecule has 0 atom stereocenters. The van der Waals surface area contributed by atoms with Crippen molar-refractivity contribution < 1.29 is 11.0 Å². The molecule has 1 spiro atoms. The van der Waals surface area contributed by atoms with E-state index in [1.807, 2.05) is 32.2 Å². The van der Waals surface area contributed by atoms with Gasteiger partial charge in [0, 0.05) is 26.4 Å². The van der Waals surface area contributed by atoms with Crippen LogP contribution in [0.25, 0.3) is 5.52 Å². The summed E-state index contributed by atoms with van der Waals surface area (Å²) in [5, 5.41) is 4.12. The van der Waals surface area contributed by atoms with Gasteiger partial charge in [-0.2, -0.15) is 5.10 Å². The number of hydrogen-bond acceptors (Lipinski definition) is 4. The molecular formula is C15H22N4O2. The van der Waals surface area contributed by atoms with E-state index < -0.39 is 5.91 Å². The van der Waals surface area contributed by atoms with Crippen LogP contribution < -0.4 is 10.6 Å². The van der Waals surface area contributed by atoms with Crippen molar-refractivity contribution >= 4 is 17.1 Å². The number of carbonyl (C=O) groups is 1. The van der Waals surface area contributed by atoms with Crippen LogP contribution in [0.3, 0.4) is 0 Å². The van der Waals surface area contributed by atoms with E-state index in [1.165, 1.54) is 6.20 Å². The van der Waals surface area contributed by atoms with Gasteiger partial charge in [0.2, 0.25) is 0 Å². The first kappa shape index (κ1) is 13.9. The summed E-state index contributed by atoms with van der Waals surface area (Å²) in [5.74, 6) is -0.445. The number of pyridine rings is 1. The lowest BCUT2D eigenvalue weighted by Gasteiger charge is -2.56. The van der Waals surface area contributed by atoms with Crippen molar-refractivity contribution in [2.24, 2.45) is 11.1 Å². The zero-order valence-electron chi connectivity index (χ0n) is 12.4. The molecule has 0 aromatic carbocycles. The maximum atomic E-state index is 11.3. The minimum absolute atomic E-state index is 0. The predicted octanol–water partition coefficient (Wildman–Crippen LogP) is 1.54. The summed E-state index contributed by atoms with van der Waals surface area (Å²) in [4.78, 5) is 13.6. The zero-order valence-corrected chi connectivity index (χ0v) is 12.4. The summed E-state index contributed by atoms with van der Waals surface area (Å²) in [6, 6.07) is 3.98. The third kappa shape index (κ3) is 2.15. The molecule has 2 aliphatic heterocycles. The van der Waals surface area contributed by atoms with Gasteiger partial charge in [-0.3, -0.25) is 4.79 Å². The number of nitrogens with zero attached hydrogens (tertiary/aromatic N) is 3. The first-order chi connectivity index (χ1) is 10.2. The van der Waals surface area contributed by atoms with Crippen molar-refractivity contribution in [3.63, 3.8) is 0 Å². The Morgan fingerprint density at radius 2 is 2.14 bits per heavy atom. The van der Waals surface area contributed by atoms with Crippen LogP contribution in [0.4, 0.5) is 5.69 Å². The Labute approximate surface area is 125 Å². The summed E-state index contributed by atoms with van der Waals surface area (Å²) in [5.41, 5.74) is 8.05. The van der Waals surface area contributed by atoms with Gasteiger partial charge in [-0.25, -0.2) is 4.52 Å². The SMILES string of the molecule is CC.NC(=O)c1cnn2ccc(N3CC4(COC4)C3)cc12.[HH]. The van der Waals surface area contributed by atoms with Crippen molar-refractivity contribution in [2.45, 2.75) is 13.8 Å². The van der Waals surface area contributed by atoms with E-state index in [2.05, 4.69) is 10.00 Å². The molecule has 4 heterocycles. The molecule has 2 aromatic heterocycles. The van der Waals surface area contributed by atoms with Gasteiger partial charge in [0.1, 0.15) is 0 Å². The summed E-state index contributed by atoms with van der Waals surface area (Å²) in [6.45, 7) is 7.77. The summed E-state index contributed by atoms with van der Waals surface area (Å²) < 4.78 is 6.94. The number of anilines is 1. The Morgan fingerprint density at radius 3 is 2.71 bits per heavy atom. The minimum atomic E-state index is -0.445. The van der Waals surface area contributed by atoms with E-state index >= 15 is 0 Å². The first-order valence-corrected chi connectivity index (χ1v) is 7.27. The number of fused-ring (bicyclic) bond motifs is 1. The fourth-order valence-corrected chi connectivity index (χ4v) is 2.88. The van der Waals surface area contributed by atoms with Gasteiger partial charge in [0.25, 0.3) is 5.91 Å². The Morgan fingerprint density at radius 1 is 1.43 bits per heavy atom. The van der Waals surface area contributed by atoms with E-state index in [-0.39, 0.29) is 1.43 Å². The highest BCUT2D eigenvalue weighted by molar-refractivity contribution is 5.99. The van der Waals surface area contributed by atoms with Crippen molar-refractivity contribution in [1.82, 2.24) is 9.61 Å². The van der Waals surface area contributed by atoms with Crippen LogP contribution in [0.5, 0.6) is 0 Å². The Balaban J connectivity index is 0.000000566. The molecule has 21 heavy (non-hydrogen) atoms. The molecular weight excluding hydrogens is 268 g/mol. The quantitative estimate of drug-likeness (QED) is 0.910. The van der Waals surface area contributed by atoms with Gasteiger partial charge in [-0.15, -0.1) is 0 Å². The maximum absolute atomic E-state index is 11.3. The average Bonchev–Trinajstić information content (AvgIpc) is 2.81. The second kappa shape index (κ2) is 5.04. The third-order valence-corrected chi connectivity index (χ3v) is 4.00. The van der Waals surface area contributed by atoms with Gasteiger partial charge in [0.15, 0.2) is 0 Å². The second-order valence-corrected chi connectivity index (χ2v) is 5.49. The van der Waals surface area contributed by atoms with Crippen LogP contribution in [0.2, 0.25) is 0 Å². The molecule has 0 bridgehead atoms. The van der Waals surface area contributed by atoms with Crippen molar-refractivity contribution in [3.05, 3.63) is 30.1 Å². The largest absolute Gasteiger partial charge is 0.380 e. The molecule has 4 rings (SSSR count). The standard InChI is InChI=1S/C13H14N4O2.C2H6.H2/c14-12(18)10-4-15-17-2-1-9(3-11(10)17)16-5-13(6-16)7-19-8-13;1-2;/h1-4H,5-8H2,(H2,14,18);1-2H3;1H. The molecule has 0 radical (unpaired) electrons. The van der Waals surface area contributed by atoms with Crippen LogP contribution >= 0.6 is 0 Å². The molecule has 2 saturated heterocycles. The molecule has 6 nitrogen and oxygen atoms in total. The molecule has 0 unspecified atom stereocenters. The molecule has 1 amide bonds. The van der Waals surface area contributed by atoms with Gasteiger partial charge in [-0.05, 0) is 12.1 Å². The van der Waals surface area contributed by atoms with Crippen LogP contribution in [0.1, 0.15) is 25.6 Å². The van der Waals surface area contributed by atoms with Crippen LogP contribution in [-0.2, 0) is 4.74 Å². The van der Waals surface area contributed by atoms with E-state index in [4.69, 9.17) is 10.5 Å². The van der Waals surface area contributed by atoms with Gasteiger partial charge >= 0.3 is 0 Å². The Kier molecular flexibility index (Phi) is 3.33. The third-order valence-electron chi connectivity index (χ3n) is 4.00. The molecule has 2 fully saturated rings. The second-order valence-electron chi connectivity index (χ2n) is 5.49. The lowest BCUT2D eigenvalue weighted by Crippen LogP contribution is -2.66. The van der Waals surface area contributed by atoms with E-state index in [9.17, 15) is 4.79 Å². The summed E-state index contributed by atoms with van der Waals surface area (Å²) in [6.07, 6.45) is 3.37. The van der Waals surface area contributed by atoms with Gasteiger partial charge < -0.3 is 15.4 Å². The number of aromatic nitrogens is 2. The van der Waals surface area contributed by atoms with E-state index in [1.54, 1.807) is 4.52 Å². The minimum Gasteiger partial charge on any atom is -0.380 e. The predicted molar refractivity (Wildman–Crippen MR) is 82.6 cm³/mol. The number of amides is 1. The van der Waals surface area contributed by atoms with Crippen molar-refractivity contribution in [2.75, 3.05) is 31.2 Å². The van der Waals surface area contributed by atoms with Crippen molar-refractivity contribution in [1.29, 1.82) is 0 Å². The van der Waals surface area contributed by atoms with Crippen LogP contribution in [-0.4, -0.2) is 41.8 Å². The zero-order chi connectivity index (χ0) is 15.0. The number of ether oxygens (including phenoxy) is 1. The highest BCUT2D eigenvalue weighted by Gasteiger charge is 2.49. The monoisotopic (exact) mass is 290 g/mol. The highest BCUT2D eigenvalue weighted by atomic mass is 16.5. The lowest BCUT2D eigenvalue weighted by molar-refractivity contribution is -0.127. The molecule has 2 N–H and O–H groups in total. The summed E-state index contributed by atoms with van der Waals surface area (Å²) >= 11 is 0. The maximum Gasteiger partial charge on any atom is 0.252 e. The molecule has 2 aromatic rings.